The Morgan fingerprint density at radius 3 is 2.94 bits per heavy atom. The lowest BCUT2D eigenvalue weighted by molar-refractivity contribution is 0.612. The summed E-state index contributed by atoms with van der Waals surface area (Å²) in [7, 11) is 0. The van der Waals surface area contributed by atoms with E-state index in [9.17, 15) is 4.39 Å². The highest BCUT2D eigenvalue weighted by molar-refractivity contribution is 5.36. The molecule has 0 bridgehead atoms. The number of aromatic nitrogens is 2. The van der Waals surface area contributed by atoms with Gasteiger partial charge >= 0.3 is 0 Å². The summed E-state index contributed by atoms with van der Waals surface area (Å²) < 4.78 is 15.4. The topological polar surface area (TPSA) is 29.9 Å². The fourth-order valence-corrected chi connectivity index (χ4v) is 1.54. The lowest BCUT2D eigenvalue weighted by atomic mass is 10.2. The molecular weight excluding hydrogens is 205 g/mol. The van der Waals surface area contributed by atoms with Crippen molar-refractivity contribution in [2.75, 3.05) is 6.54 Å². The maximum absolute atomic E-state index is 13.8. The molecule has 1 N–H and O–H groups in total. The highest BCUT2D eigenvalue weighted by Gasteiger charge is 2.04. The fourth-order valence-electron chi connectivity index (χ4n) is 1.54. The van der Waals surface area contributed by atoms with Gasteiger partial charge in [0.05, 0.1) is 12.0 Å². The summed E-state index contributed by atoms with van der Waals surface area (Å²) in [4.78, 5) is 3.90. The van der Waals surface area contributed by atoms with Crippen molar-refractivity contribution < 1.29 is 4.39 Å². The first-order valence-corrected chi connectivity index (χ1v) is 5.28. The summed E-state index contributed by atoms with van der Waals surface area (Å²) >= 11 is 0. The molecule has 4 heteroatoms. The average molecular weight is 219 g/mol. The van der Waals surface area contributed by atoms with E-state index in [1.54, 1.807) is 35.4 Å². The van der Waals surface area contributed by atoms with Gasteiger partial charge in [0.1, 0.15) is 5.82 Å². The van der Waals surface area contributed by atoms with E-state index in [2.05, 4.69) is 10.3 Å². The van der Waals surface area contributed by atoms with Crippen LogP contribution in [0, 0.1) is 5.82 Å². The largest absolute Gasteiger partial charge is 0.313 e. The summed E-state index contributed by atoms with van der Waals surface area (Å²) in [6.45, 7) is 3.60. The molecule has 0 saturated heterocycles. The summed E-state index contributed by atoms with van der Waals surface area (Å²) in [5, 5.41) is 3.16. The van der Waals surface area contributed by atoms with Gasteiger partial charge in [-0.3, -0.25) is 0 Å². The Bertz CT molecular complexity index is 451. The molecule has 2 rings (SSSR count). The maximum Gasteiger partial charge on any atom is 0.147 e. The minimum Gasteiger partial charge on any atom is -0.313 e. The van der Waals surface area contributed by atoms with Gasteiger partial charge in [0.25, 0.3) is 0 Å². The third kappa shape index (κ3) is 2.28. The van der Waals surface area contributed by atoms with Crippen molar-refractivity contribution in [3.05, 3.63) is 48.3 Å². The Hall–Kier alpha value is -1.68. The summed E-state index contributed by atoms with van der Waals surface area (Å²) in [6, 6.07) is 5.24. The first kappa shape index (κ1) is 10.8. The minimum absolute atomic E-state index is 0.228. The van der Waals surface area contributed by atoms with Crippen LogP contribution in [0.15, 0.2) is 36.9 Å². The first-order valence-electron chi connectivity index (χ1n) is 5.28. The Balaban J connectivity index is 2.23. The van der Waals surface area contributed by atoms with Crippen molar-refractivity contribution in [2.24, 2.45) is 0 Å². The van der Waals surface area contributed by atoms with Crippen LogP contribution in [0.5, 0.6) is 0 Å². The summed E-state index contributed by atoms with van der Waals surface area (Å²) in [6.07, 6.45) is 4.94. The van der Waals surface area contributed by atoms with Crippen LogP contribution in [0.1, 0.15) is 12.5 Å². The number of nitrogens with one attached hydrogen (secondary N) is 1. The van der Waals surface area contributed by atoms with E-state index in [0.29, 0.717) is 12.2 Å². The molecular formula is C12H14FN3. The molecule has 84 valence electrons. The quantitative estimate of drug-likeness (QED) is 0.853. The lowest BCUT2D eigenvalue weighted by Crippen LogP contribution is -2.12. The van der Waals surface area contributed by atoms with Gasteiger partial charge in [0.15, 0.2) is 0 Å². The predicted molar refractivity (Wildman–Crippen MR) is 60.9 cm³/mol. The molecule has 0 saturated carbocycles. The molecule has 0 amide bonds. The second-order valence-corrected chi connectivity index (χ2v) is 3.54. The number of benzene rings is 1. The second-order valence-electron chi connectivity index (χ2n) is 3.54. The van der Waals surface area contributed by atoms with Gasteiger partial charge in [-0.25, -0.2) is 9.37 Å². The van der Waals surface area contributed by atoms with Crippen LogP contribution in [0.4, 0.5) is 4.39 Å². The van der Waals surface area contributed by atoms with E-state index in [1.165, 1.54) is 0 Å². The van der Waals surface area contributed by atoms with Gasteiger partial charge in [0.2, 0.25) is 0 Å². The number of hydrogen-bond donors (Lipinski definition) is 1. The van der Waals surface area contributed by atoms with Gasteiger partial charge in [-0.1, -0.05) is 13.0 Å². The zero-order valence-electron chi connectivity index (χ0n) is 9.15. The highest BCUT2D eigenvalue weighted by Crippen LogP contribution is 2.14. The van der Waals surface area contributed by atoms with Crippen molar-refractivity contribution in [1.29, 1.82) is 0 Å². The van der Waals surface area contributed by atoms with E-state index in [-0.39, 0.29) is 5.82 Å². The van der Waals surface area contributed by atoms with Gasteiger partial charge in [0, 0.05) is 18.9 Å². The summed E-state index contributed by atoms with van der Waals surface area (Å²) in [5.41, 5.74) is 1.47. The Labute approximate surface area is 93.9 Å². The van der Waals surface area contributed by atoms with Crippen LogP contribution in [0.25, 0.3) is 5.69 Å². The standard InChI is InChI=1S/C12H14FN3/c1-2-14-8-10-3-4-12(11(13)7-10)16-6-5-15-9-16/h3-7,9,14H,2,8H2,1H3. The molecule has 2 aromatic rings. The number of nitrogens with zero attached hydrogens (tertiary/aromatic N) is 2. The molecule has 0 spiro atoms. The number of rotatable bonds is 4. The van der Waals surface area contributed by atoms with E-state index in [1.807, 2.05) is 13.0 Å². The number of halogens is 1. The third-order valence-electron chi connectivity index (χ3n) is 2.37. The van der Waals surface area contributed by atoms with Crippen molar-refractivity contribution in [3.8, 4) is 5.69 Å². The maximum atomic E-state index is 13.8. The zero-order chi connectivity index (χ0) is 11.4. The van der Waals surface area contributed by atoms with Crippen LogP contribution >= 0.6 is 0 Å². The third-order valence-corrected chi connectivity index (χ3v) is 2.37. The van der Waals surface area contributed by atoms with Gasteiger partial charge in [-0.05, 0) is 24.2 Å². The molecule has 1 heterocycles. The average Bonchev–Trinajstić information content (AvgIpc) is 2.80. The van der Waals surface area contributed by atoms with Crippen LogP contribution in [-0.4, -0.2) is 16.1 Å². The predicted octanol–water partition coefficient (Wildman–Crippen LogP) is 2.12. The van der Waals surface area contributed by atoms with Gasteiger partial charge in [-0.15, -0.1) is 0 Å². The highest BCUT2D eigenvalue weighted by atomic mass is 19.1. The molecule has 0 radical (unpaired) electrons. The fraction of sp³-hybridized carbons (Fsp3) is 0.250. The van der Waals surface area contributed by atoms with E-state index < -0.39 is 0 Å². The molecule has 0 unspecified atom stereocenters. The first-order chi connectivity index (χ1) is 7.81. The Kier molecular flexibility index (Phi) is 3.31. The smallest absolute Gasteiger partial charge is 0.147 e. The molecule has 16 heavy (non-hydrogen) atoms. The van der Waals surface area contributed by atoms with E-state index >= 15 is 0 Å². The molecule has 1 aromatic heterocycles. The van der Waals surface area contributed by atoms with Crippen molar-refractivity contribution in [3.63, 3.8) is 0 Å². The Morgan fingerprint density at radius 1 is 1.44 bits per heavy atom. The molecule has 0 aliphatic carbocycles. The second kappa shape index (κ2) is 4.90. The van der Waals surface area contributed by atoms with Gasteiger partial charge in [-0.2, -0.15) is 0 Å². The zero-order valence-corrected chi connectivity index (χ0v) is 9.15. The van der Waals surface area contributed by atoms with Gasteiger partial charge < -0.3 is 9.88 Å². The number of imidazole rings is 1. The van der Waals surface area contributed by atoms with Crippen LogP contribution in [0.2, 0.25) is 0 Å². The normalized spacial score (nSPS) is 10.6. The van der Waals surface area contributed by atoms with Crippen molar-refractivity contribution >= 4 is 0 Å². The van der Waals surface area contributed by atoms with Crippen molar-refractivity contribution in [1.82, 2.24) is 14.9 Å². The van der Waals surface area contributed by atoms with Crippen LogP contribution in [0.3, 0.4) is 0 Å². The minimum atomic E-state index is -0.228. The van der Waals surface area contributed by atoms with Crippen molar-refractivity contribution in [2.45, 2.75) is 13.5 Å². The molecule has 0 aliphatic heterocycles. The SMILES string of the molecule is CCNCc1ccc(-n2ccnc2)c(F)c1. The summed E-state index contributed by atoms with van der Waals surface area (Å²) in [5.74, 6) is -0.228. The monoisotopic (exact) mass is 219 g/mol. The Morgan fingerprint density at radius 2 is 2.31 bits per heavy atom. The van der Waals surface area contributed by atoms with Crippen LogP contribution in [-0.2, 0) is 6.54 Å². The van der Waals surface area contributed by atoms with E-state index in [4.69, 9.17) is 0 Å². The molecule has 1 aromatic carbocycles. The van der Waals surface area contributed by atoms with Crippen LogP contribution < -0.4 is 5.32 Å². The molecule has 3 nitrogen and oxygen atoms in total. The number of hydrogen-bond acceptors (Lipinski definition) is 2. The molecule has 0 fully saturated rings. The lowest BCUT2D eigenvalue weighted by Gasteiger charge is -2.07. The molecule has 0 atom stereocenters. The molecule has 0 aliphatic rings. The van der Waals surface area contributed by atoms with E-state index in [0.717, 1.165) is 12.1 Å².